The van der Waals surface area contributed by atoms with E-state index in [4.69, 9.17) is 5.11 Å². The standard InChI is InChI=1S/C12H17N3O3/c1-7(9-6-13-15(3)8(9)2)14-10(16)12(4-5-12)11(17)18/h6-7H,4-5H2,1-3H3,(H,14,16)(H,17,18)/t7-/m0/s1. The molecule has 0 unspecified atom stereocenters. The monoisotopic (exact) mass is 251 g/mol. The zero-order valence-electron chi connectivity index (χ0n) is 10.7. The highest BCUT2D eigenvalue weighted by molar-refractivity contribution is 6.04. The second kappa shape index (κ2) is 4.12. The molecule has 0 aliphatic heterocycles. The molecule has 0 spiro atoms. The van der Waals surface area contributed by atoms with Crippen molar-refractivity contribution in [1.29, 1.82) is 0 Å². The van der Waals surface area contributed by atoms with E-state index in [9.17, 15) is 9.59 Å². The topological polar surface area (TPSA) is 84.2 Å². The Hall–Kier alpha value is -1.85. The molecule has 18 heavy (non-hydrogen) atoms. The lowest BCUT2D eigenvalue weighted by Crippen LogP contribution is -2.38. The van der Waals surface area contributed by atoms with Crippen molar-refractivity contribution in [3.05, 3.63) is 17.5 Å². The third kappa shape index (κ3) is 1.87. The van der Waals surface area contributed by atoms with Gasteiger partial charge in [0.05, 0.1) is 12.2 Å². The van der Waals surface area contributed by atoms with Crippen LogP contribution in [-0.4, -0.2) is 26.8 Å². The van der Waals surface area contributed by atoms with E-state index in [1.165, 1.54) is 0 Å². The number of carbonyl (C=O) groups is 2. The fourth-order valence-corrected chi connectivity index (χ4v) is 2.02. The molecule has 1 heterocycles. The number of aliphatic carboxylic acids is 1. The van der Waals surface area contributed by atoms with Crippen molar-refractivity contribution < 1.29 is 14.7 Å². The quantitative estimate of drug-likeness (QED) is 0.774. The molecule has 2 N–H and O–H groups in total. The Morgan fingerprint density at radius 2 is 2.17 bits per heavy atom. The highest BCUT2D eigenvalue weighted by Crippen LogP contribution is 2.46. The minimum absolute atomic E-state index is 0.233. The molecule has 2 rings (SSSR count). The van der Waals surface area contributed by atoms with Gasteiger partial charge in [0.1, 0.15) is 5.41 Å². The highest BCUT2D eigenvalue weighted by atomic mass is 16.4. The first-order chi connectivity index (χ1) is 8.38. The number of carbonyl (C=O) groups excluding carboxylic acids is 1. The minimum atomic E-state index is -1.19. The van der Waals surface area contributed by atoms with Gasteiger partial charge in [-0.1, -0.05) is 0 Å². The van der Waals surface area contributed by atoms with Crippen molar-refractivity contribution in [2.75, 3.05) is 0 Å². The Labute approximate surface area is 105 Å². The largest absolute Gasteiger partial charge is 0.480 e. The number of carboxylic acids is 1. The number of nitrogens with one attached hydrogen (secondary N) is 1. The maximum atomic E-state index is 12.0. The van der Waals surface area contributed by atoms with E-state index in [0.717, 1.165) is 11.3 Å². The SMILES string of the molecule is Cc1c([C@H](C)NC(=O)C2(C(=O)O)CC2)cnn1C. The van der Waals surface area contributed by atoms with Crippen LogP contribution in [0, 0.1) is 12.3 Å². The maximum absolute atomic E-state index is 12.0. The zero-order valence-corrected chi connectivity index (χ0v) is 10.7. The van der Waals surface area contributed by atoms with Gasteiger partial charge in [0.25, 0.3) is 0 Å². The van der Waals surface area contributed by atoms with Crippen molar-refractivity contribution in [3.8, 4) is 0 Å². The van der Waals surface area contributed by atoms with Crippen molar-refractivity contribution >= 4 is 11.9 Å². The van der Waals surface area contributed by atoms with E-state index >= 15 is 0 Å². The van der Waals surface area contributed by atoms with Gasteiger partial charge in [-0.2, -0.15) is 5.10 Å². The first-order valence-corrected chi connectivity index (χ1v) is 5.91. The van der Waals surface area contributed by atoms with Crippen LogP contribution in [0.1, 0.15) is 37.1 Å². The fraction of sp³-hybridized carbons (Fsp3) is 0.583. The summed E-state index contributed by atoms with van der Waals surface area (Å²) >= 11 is 0. The van der Waals surface area contributed by atoms with E-state index in [-0.39, 0.29) is 6.04 Å². The molecule has 1 saturated carbocycles. The highest BCUT2D eigenvalue weighted by Gasteiger charge is 2.57. The smallest absolute Gasteiger partial charge is 0.319 e. The molecule has 1 aromatic heterocycles. The number of hydrogen-bond donors (Lipinski definition) is 2. The molecule has 1 aromatic rings. The molecule has 1 aliphatic carbocycles. The summed E-state index contributed by atoms with van der Waals surface area (Å²) in [4.78, 5) is 23.0. The molecular weight excluding hydrogens is 234 g/mol. The Morgan fingerprint density at radius 1 is 1.56 bits per heavy atom. The van der Waals surface area contributed by atoms with E-state index in [1.54, 1.807) is 10.9 Å². The first kappa shape index (κ1) is 12.6. The van der Waals surface area contributed by atoms with Gasteiger partial charge >= 0.3 is 5.97 Å². The second-order valence-corrected chi connectivity index (χ2v) is 4.89. The Balaban J connectivity index is 2.09. The molecule has 0 bridgehead atoms. The summed E-state index contributed by atoms with van der Waals surface area (Å²) in [6.45, 7) is 3.74. The molecule has 1 fully saturated rings. The summed E-state index contributed by atoms with van der Waals surface area (Å²) in [5.74, 6) is -1.43. The van der Waals surface area contributed by atoms with Gasteiger partial charge in [0.2, 0.25) is 5.91 Å². The van der Waals surface area contributed by atoms with Gasteiger partial charge in [-0.15, -0.1) is 0 Å². The third-order valence-electron chi connectivity index (χ3n) is 3.68. The van der Waals surface area contributed by atoms with Gasteiger partial charge in [-0.05, 0) is 26.7 Å². The van der Waals surface area contributed by atoms with E-state index in [0.29, 0.717) is 12.8 Å². The predicted octanol–water partition coefficient (Wildman–Crippen LogP) is 0.771. The lowest BCUT2D eigenvalue weighted by Gasteiger charge is -2.17. The average Bonchev–Trinajstić information content (AvgIpc) is 3.04. The summed E-state index contributed by atoms with van der Waals surface area (Å²) in [6.07, 6.45) is 2.54. The van der Waals surface area contributed by atoms with Crippen LogP contribution in [-0.2, 0) is 16.6 Å². The van der Waals surface area contributed by atoms with E-state index in [2.05, 4.69) is 10.4 Å². The summed E-state index contributed by atoms with van der Waals surface area (Å²) in [5.41, 5.74) is 0.680. The predicted molar refractivity (Wildman–Crippen MR) is 63.8 cm³/mol. The number of amides is 1. The number of hydrogen-bond acceptors (Lipinski definition) is 3. The van der Waals surface area contributed by atoms with E-state index < -0.39 is 17.3 Å². The van der Waals surface area contributed by atoms with Crippen LogP contribution in [0.5, 0.6) is 0 Å². The molecule has 1 aliphatic rings. The zero-order chi connectivity index (χ0) is 13.5. The van der Waals surface area contributed by atoms with Crippen molar-refractivity contribution in [1.82, 2.24) is 15.1 Å². The van der Waals surface area contributed by atoms with Gasteiger partial charge in [0, 0.05) is 18.3 Å². The Bertz CT molecular complexity index is 503. The normalized spacial score (nSPS) is 18.2. The minimum Gasteiger partial charge on any atom is -0.480 e. The summed E-state index contributed by atoms with van der Waals surface area (Å²) in [5, 5.41) is 15.9. The lowest BCUT2D eigenvalue weighted by molar-refractivity contribution is -0.149. The summed E-state index contributed by atoms with van der Waals surface area (Å²) < 4.78 is 1.72. The summed E-state index contributed by atoms with van der Waals surface area (Å²) in [7, 11) is 1.83. The molecule has 0 saturated heterocycles. The number of nitrogens with zero attached hydrogens (tertiary/aromatic N) is 2. The molecule has 1 atom stereocenters. The molecule has 1 amide bonds. The van der Waals surface area contributed by atoms with Crippen LogP contribution < -0.4 is 5.32 Å². The van der Waals surface area contributed by atoms with Crippen LogP contribution in [0.3, 0.4) is 0 Å². The Kier molecular flexibility index (Phi) is 2.88. The van der Waals surface area contributed by atoms with Gasteiger partial charge < -0.3 is 10.4 Å². The molecule has 0 radical (unpaired) electrons. The van der Waals surface area contributed by atoms with Crippen LogP contribution in [0.25, 0.3) is 0 Å². The van der Waals surface area contributed by atoms with Crippen molar-refractivity contribution in [3.63, 3.8) is 0 Å². The number of carboxylic acid groups (broad SMARTS) is 1. The van der Waals surface area contributed by atoms with Crippen molar-refractivity contribution in [2.24, 2.45) is 12.5 Å². The van der Waals surface area contributed by atoms with Gasteiger partial charge in [-0.25, -0.2) is 0 Å². The molecule has 98 valence electrons. The molecule has 0 aromatic carbocycles. The Morgan fingerprint density at radius 3 is 2.56 bits per heavy atom. The van der Waals surface area contributed by atoms with Gasteiger partial charge in [-0.3, -0.25) is 14.3 Å². The molecule has 6 nitrogen and oxygen atoms in total. The molecule has 6 heteroatoms. The number of aryl methyl sites for hydroxylation is 1. The van der Waals surface area contributed by atoms with Crippen LogP contribution in [0.2, 0.25) is 0 Å². The average molecular weight is 251 g/mol. The summed E-state index contributed by atoms with van der Waals surface area (Å²) in [6, 6.07) is -0.233. The van der Waals surface area contributed by atoms with Crippen molar-refractivity contribution in [2.45, 2.75) is 32.7 Å². The fourth-order valence-electron chi connectivity index (χ4n) is 2.02. The van der Waals surface area contributed by atoms with Crippen LogP contribution >= 0.6 is 0 Å². The third-order valence-corrected chi connectivity index (χ3v) is 3.68. The first-order valence-electron chi connectivity index (χ1n) is 5.91. The lowest BCUT2D eigenvalue weighted by atomic mass is 10.0. The van der Waals surface area contributed by atoms with Crippen LogP contribution in [0.4, 0.5) is 0 Å². The van der Waals surface area contributed by atoms with Crippen LogP contribution in [0.15, 0.2) is 6.20 Å². The molecular formula is C12H17N3O3. The van der Waals surface area contributed by atoms with Gasteiger partial charge in [0.15, 0.2) is 0 Å². The van der Waals surface area contributed by atoms with E-state index in [1.807, 2.05) is 20.9 Å². The second-order valence-electron chi connectivity index (χ2n) is 4.89. The number of rotatable bonds is 4. The maximum Gasteiger partial charge on any atom is 0.319 e. The number of aromatic nitrogens is 2.